The third-order valence-corrected chi connectivity index (χ3v) is 8.37. The Labute approximate surface area is 221 Å². The molecule has 0 aliphatic carbocycles. The zero-order chi connectivity index (χ0) is 26.2. The van der Waals surface area contributed by atoms with Gasteiger partial charge in [-0.25, -0.2) is 4.98 Å². The molecule has 7 nitrogen and oxygen atoms in total. The maximum Gasteiger partial charge on any atom is 0.154 e. The molecule has 3 aliphatic rings. The van der Waals surface area contributed by atoms with Crippen LogP contribution in [0.15, 0.2) is 46.3 Å². The lowest BCUT2D eigenvalue weighted by atomic mass is 9.82. The van der Waals surface area contributed by atoms with Crippen LogP contribution >= 0.6 is 0 Å². The van der Waals surface area contributed by atoms with Crippen molar-refractivity contribution in [1.29, 1.82) is 0 Å². The number of fused-ring (bicyclic) bond motifs is 1. The molecule has 1 saturated heterocycles. The molecule has 0 radical (unpaired) electrons. The van der Waals surface area contributed by atoms with Crippen molar-refractivity contribution in [1.82, 2.24) is 14.5 Å². The number of nitrogens with zero attached hydrogens (tertiary/aromatic N) is 5. The highest BCUT2D eigenvalue weighted by Gasteiger charge is 2.33. The molecule has 3 aliphatic heterocycles. The number of benzene rings is 1. The summed E-state index contributed by atoms with van der Waals surface area (Å²) in [4.78, 5) is 16.9. The number of rotatable bonds is 6. The first kappa shape index (κ1) is 25.9. The van der Waals surface area contributed by atoms with Gasteiger partial charge >= 0.3 is 0 Å². The fourth-order valence-corrected chi connectivity index (χ4v) is 5.53. The first-order valence-electron chi connectivity index (χ1n) is 13.8. The lowest BCUT2D eigenvalue weighted by Crippen LogP contribution is -2.50. The molecule has 1 aromatic carbocycles. The summed E-state index contributed by atoms with van der Waals surface area (Å²) in [5, 5.41) is 3.71. The van der Waals surface area contributed by atoms with Crippen molar-refractivity contribution in [2.75, 3.05) is 18.4 Å². The number of imidazole rings is 1. The molecule has 2 aromatic rings. The van der Waals surface area contributed by atoms with E-state index in [2.05, 4.69) is 83.8 Å². The van der Waals surface area contributed by atoms with Gasteiger partial charge in [-0.1, -0.05) is 32.9 Å². The van der Waals surface area contributed by atoms with E-state index in [1.807, 2.05) is 19.5 Å². The molecule has 1 aromatic heterocycles. The standard InChI is InChI=1S/C30H42N6O/c1-7-30(4,5)22-9-8-20(2)25(17-22)33-26-18-27(34-29-28(26)35(6)19-32-29)36-14-11-23(12-15-36)37-24-10-13-31-21(3)16-24/h8-9,13,16-17,19,23-24,27,34H,7,10-12,14-15,18H2,1-6H3. The Morgan fingerprint density at radius 1 is 1.19 bits per heavy atom. The highest BCUT2D eigenvalue weighted by Crippen LogP contribution is 2.34. The maximum absolute atomic E-state index is 6.40. The predicted molar refractivity (Wildman–Crippen MR) is 152 cm³/mol. The average Bonchev–Trinajstić information content (AvgIpc) is 3.26. The van der Waals surface area contributed by atoms with E-state index in [-0.39, 0.29) is 17.7 Å². The SMILES string of the molecule is CCC(C)(C)c1ccc(C)c(N=C2CC(N3CCC(OC4C=C(C)N=CC4)CC3)Nc3ncn(C)c32)c1. The minimum Gasteiger partial charge on any atom is -0.370 e. The summed E-state index contributed by atoms with van der Waals surface area (Å²) < 4.78 is 8.50. The van der Waals surface area contributed by atoms with Gasteiger partial charge in [0.1, 0.15) is 5.69 Å². The van der Waals surface area contributed by atoms with Crippen LogP contribution in [-0.4, -0.2) is 57.8 Å². The summed E-state index contributed by atoms with van der Waals surface area (Å²) in [5.74, 6) is 0.931. The van der Waals surface area contributed by atoms with Gasteiger partial charge in [-0.2, -0.15) is 0 Å². The summed E-state index contributed by atoms with van der Waals surface area (Å²) in [6, 6.07) is 6.76. The Morgan fingerprint density at radius 3 is 2.70 bits per heavy atom. The first-order chi connectivity index (χ1) is 17.7. The molecule has 0 spiro atoms. The van der Waals surface area contributed by atoms with E-state index >= 15 is 0 Å². The van der Waals surface area contributed by atoms with Crippen LogP contribution in [0.3, 0.4) is 0 Å². The van der Waals surface area contributed by atoms with Crippen molar-refractivity contribution in [3.63, 3.8) is 0 Å². The van der Waals surface area contributed by atoms with Gasteiger partial charge in [0, 0.05) is 44.9 Å². The molecule has 1 N–H and O–H groups in total. The number of anilines is 1. The molecule has 4 heterocycles. The van der Waals surface area contributed by atoms with Gasteiger partial charge < -0.3 is 14.6 Å². The van der Waals surface area contributed by atoms with E-state index in [1.165, 1.54) is 11.1 Å². The number of aryl methyl sites for hydroxylation is 2. The first-order valence-corrected chi connectivity index (χ1v) is 13.8. The zero-order valence-electron chi connectivity index (χ0n) is 23.3. The Morgan fingerprint density at radius 2 is 1.97 bits per heavy atom. The second-order valence-corrected chi connectivity index (χ2v) is 11.5. The summed E-state index contributed by atoms with van der Waals surface area (Å²) >= 11 is 0. The molecule has 198 valence electrons. The van der Waals surface area contributed by atoms with Gasteiger partial charge in [-0.05, 0) is 61.8 Å². The van der Waals surface area contributed by atoms with Crippen LogP contribution < -0.4 is 5.32 Å². The van der Waals surface area contributed by atoms with E-state index in [9.17, 15) is 0 Å². The van der Waals surface area contributed by atoms with Crippen molar-refractivity contribution in [2.45, 2.75) is 90.5 Å². The number of piperidine rings is 1. The van der Waals surface area contributed by atoms with Crippen molar-refractivity contribution < 1.29 is 4.74 Å². The van der Waals surface area contributed by atoms with Crippen LogP contribution in [0.5, 0.6) is 0 Å². The summed E-state index contributed by atoms with van der Waals surface area (Å²) in [7, 11) is 2.06. The average molecular weight is 503 g/mol. The molecule has 5 rings (SSSR count). The largest absolute Gasteiger partial charge is 0.370 e. The van der Waals surface area contributed by atoms with Crippen molar-refractivity contribution in [2.24, 2.45) is 17.0 Å². The smallest absolute Gasteiger partial charge is 0.154 e. The van der Waals surface area contributed by atoms with Crippen molar-refractivity contribution in [3.8, 4) is 0 Å². The normalized spacial score (nSPS) is 24.2. The Balaban J connectivity index is 1.33. The number of hydrogen-bond acceptors (Lipinski definition) is 6. The summed E-state index contributed by atoms with van der Waals surface area (Å²) in [6.45, 7) is 13.1. The van der Waals surface area contributed by atoms with Gasteiger partial charge in [-0.3, -0.25) is 14.9 Å². The zero-order valence-corrected chi connectivity index (χ0v) is 23.3. The third kappa shape index (κ3) is 5.58. The monoisotopic (exact) mass is 502 g/mol. The van der Waals surface area contributed by atoms with E-state index < -0.39 is 0 Å². The van der Waals surface area contributed by atoms with Crippen LogP contribution in [0, 0.1) is 6.92 Å². The Bertz CT molecular complexity index is 1210. The fourth-order valence-electron chi connectivity index (χ4n) is 5.53. The van der Waals surface area contributed by atoms with E-state index in [0.29, 0.717) is 6.10 Å². The molecule has 7 heteroatoms. The summed E-state index contributed by atoms with van der Waals surface area (Å²) in [6.07, 6.45) is 11.5. The maximum atomic E-state index is 6.40. The van der Waals surface area contributed by atoms with Crippen LogP contribution in [0.2, 0.25) is 0 Å². The van der Waals surface area contributed by atoms with E-state index in [1.54, 1.807) is 0 Å². The second kappa shape index (κ2) is 10.5. The third-order valence-electron chi connectivity index (χ3n) is 8.37. The Kier molecular flexibility index (Phi) is 7.37. The van der Waals surface area contributed by atoms with Gasteiger partial charge in [0.2, 0.25) is 0 Å². The molecule has 0 amide bonds. The number of aromatic nitrogens is 2. The number of likely N-dealkylation sites (tertiary alicyclic amines) is 1. The predicted octanol–water partition coefficient (Wildman–Crippen LogP) is 5.91. The van der Waals surface area contributed by atoms with E-state index in [0.717, 1.165) is 73.8 Å². The highest BCUT2D eigenvalue weighted by molar-refractivity contribution is 6.06. The molecule has 0 bridgehead atoms. The topological polar surface area (TPSA) is 67.0 Å². The molecule has 0 saturated carbocycles. The number of allylic oxidation sites excluding steroid dienone is 1. The van der Waals surface area contributed by atoms with Crippen LogP contribution in [0.25, 0.3) is 0 Å². The number of ether oxygens (including phenoxy) is 1. The molecule has 37 heavy (non-hydrogen) atoms. The van der Waals surface area contributed by atoms with Crippen LogP contribution in [0.4, 0.5) is 11.5 Å². The number of nitrogens with one attached hydrogen (secondary N) is 1. The van der Waals surface area contributed by atoms with Crippen LogP contribution in [-0.2, 0) is 17.2 Å². The van der Waals surface area contributed by atoms with Gasteiger partial charge in [0.15, 0.2) is 5.82 Å². The molecule has 1 fully saturated rings. The number of hydrogen-bond donors (Lipinski definition) is 1. The van der Waals surface area contributed by atoms with Gasteiger partial charge in [0.05, 0.1) is 36.1 Å². The minimum absolute atomic E-state index is 0.127. The van der Waals surface area contributed by atoms with Crippen molar-refractivity contribution >= 4 is 23.4 Å². The molecule has 2 unspecified atom stereocenters. The fraction of sp³-hybridized carbons (Fsp3) is 0.567. The van der Waals surface area contributed by atoms with Crippen molar-refractivity contribution in [3.05, 3.63) is 53.1 Å². The van der Waals surface area contributed by atoms with Gasteiger partial charge in [0.25, 0.3) is 0 Å². The summed E-state index contributed by atoms with van der Waals surface area (Å²) in [5.41, 5.74) is 6.99. The van der Waals surface area contributed by atoms with Gasteiger partial charge in [-0.15, -0.1) is 0 Å². The lowest BCUT2D eigenvalue weighted by Gasteiger charge is -2.40. The van der Waals surface area contributed by atoms with E-state index in [4.69, 9.17) is 9.73 Å². The lowest BCUT2D eigenvalue weighted by molar-refractivity contribution is -0.0248. The quantitative estimate of drug-likeness (QED) is 0.534. The Hall–Kier alpha value is -2.77. The molecular formula is C30H42N6O. The van der Waals surface area contributed by atoms with Crippen LogP contribution in [0.1, 0.15) is 76.6 Å². The molecular weight excluding hydrogens is 460 g/mol. The highest BCUT2D eigenvalue weighted by atomic mass is 16.5. The minimum atomic E-state index is 0.127. The molecule has 2 atom stereocenters. The second-order valence-electron chi connectivity index (χ2n) is 11.5. The number of aliphatic imine (C=N–C) groups is 2.